The van der Waals surface area contributed by atoms with Crippen molar-refractivity contribution < 1.29 is 9.18 Å². The van der Waals surface area contributed by atoms with E-state index in [2.05, 4.69) is 26.3 Å². The SMILES string of the molecule is O=C(Nc1ccc(Br)cc1F)c1ccc(=O)n(-c2ccccc2)n1. The fourth-order valence-electron chi connectivity index (χ4n) is 2.06. The van der Waals surface area contributed by atoms with Gasteiger partial charge in [0.1, 0.15) is 11.5 Å². The van der Waals surface area contributed by atoms with Gasteiger partial charge in [0, 0.05) is 10.5 Å². The number of hydrogen-bond acceptors (Lipinski definition) is 3. The van der Waals surface area contributed by atoms with Crippen molar-refractivity contribution in [3.8, 4) is 5.69 Å². The molecule has 1 N–H and O–H groups in total. The highest BCUT2D eigenvalue weighted by molar-refractivity contribution is 9.10. The van der Waals surface area contributed by atoms with Crippen LogP contribution in [0.5, 0.6) is 0 Å². The van der Waals surface area contributed by atoms with Crippen molar-refractivity contribution in [3.63, 3.8) is 0 Å². The van der Waals surface area contributed by atoms with Crippen LogP contribution in [0.2, 0.25) is 0 Å². The maximum Gasteiger partial charge on any atom is 0.276 e. The number of nitrogens with zero attached hydrogens (tertiary/aromatic N) is 2. The van der Waals surface area contributed by atoms with E-state index in [-0.39, 0.29) is 16.9 Å². The van der Waals surface area contributed by atoms with Gasteiger partial charge >= 0.3 is 0 Å². The van der Waals surface area contributed by atoms with Gasteiger partial charge in [0.05, 0.1) is 11.4 Å². The van der Waals surface area contributed by atoms with Gasteiger partial charge in [0.2, 0.25) is 0 Å². The highest BCUT2D eigenvalue weighted by Crippen LogP contribution is 2.19. The van der Waals surface area contributed by atoms with E-state index >= 15 is 0 Å². The van der Waals surface area contributed by atoms with Crippen LogP contribution in [0.15, 0.2) is 69.9 Å². The molecule has 0 aliphatic heterocycles. The first-order valence-electron chi connectivity index (χ1n) is 6.97. The predicted octanol–water partition coefficient (Wildman–Crippen LogP) is 3.39. The van der Waals surface area contributed by atoms with E-state index in [1.54, 1.807) is 36.4 Å². The highest BCUT2D eigenvalue weighted by Gasteiger charge is 2.13. The van der Waals surface area contributed by atoms with Crippen molar-refractivity contribution in [2.75, 3.05) is 5.32 Å². The molecule has 0 bridgehead atoms. The Morgan fingerprint density at radius 3 is 2.54 bits per heavy atom. The quantitative estimate of drug-likeness (QED) is 0.748. The lowest BCUT2D eigenvalue weighted by atomic mass is 10.3. The summed E-state index contributed by atoms with van der Waals surface area (Å²) in [7, 11) is 0. The number of aromatic nitrogens is 2. The molecule has 0 spiro atoms. The van der Waals surface area contributed by atoms with Gasteiger partial charge in [-0.2, -0.15) is 9.78 Å². The Morgan fingerprint density at radius 1 is 1.08 bits per heavy atom. The number of carbonyl (C=O) groups is 1. The summed E-state index contributed by atoms with van der Waals surface area (Å²) in [5.74, 6) is -1.19. The molecule has 0 aliphatic rings. The second-order valence-corrected chi connectivity index (χ2v) is 5.80. The number of para-hydroxylation sites is 1. The molecule has 0 radical (unpaired) electrons. The molecule has 1 heterocycles. The third kappa shape index (κ3) is 3.41. The zero-order valence-corrected chi connectivity index (χ0v) is 13.8. The predicted molar refractivity (Wildman–Crippen MR) is 91.9 cm³/mol. The van der Waals surface area contributed by atoms with Crippen LogP contribution in [0.1, 0.15) is 10.5 Å². The van der Waals surface area contributed by atoms with Gasteiger partial charge in [-0.15, -0.1) is 0 Å². The zero-order valence-electron chi connectivity index (χ0n) is 12.2. The summed E-state index contributed by atoms with van der Waals surface area (Å²) >= 11 is 3.15. The van der Waals surface area contributed by atoms with E-state index in [1.165, 1.54) is 24.3 Å². The molecule has 0 aliphatic carbocycles. The number of amides is 1. The van der Waals surface area contributed by atoms with Crippen LogP contribution in [0, 0.1) is 5.82 Å². The normalized spacial score (nSPS) is 10.4. The molecule has 0 saturated heterocycles. The lowest BCUT2D eigenvalue weighted by Gasteiger charge is -2.08. The Morgan fingerprint density at radius 2 is 1.83 bits per heavy atom. The van der Waals surface area contributed by atoms with Crippen LogP contribution in [-0.2, 0) is 0 Å². The molecular weight excluding hydrogens is 377 g/mol. The summed E-state index contributed by atoms with van der Waals surface area (Å²) in [4.78, 5) is 24.2. The summed E-state index contributed by atoms with van der Waals surface area (Å²) in [6.45, 7) is 0. The molecule has 0 saturated carbocycles. The van der Waals surface area contributed by atoms with Crippen LogP contribution in [0.4, 0.5) is 10.1 Å². The number of carbonyl (C=O) groups excluding carboxylic acids is 1. The first-order valence-corrected chi connectivity index (χ1v) is 7.76. The first-order chi connectivity index (χ1) is 11.5. The molecule has 2 aromatic carbocycles. The van der Waals surface area contributed by atoms with E-state index in [0.717, 1.165) is 4.68 Å². The van der Waals surface area contributed by atoms with Crippen molar-refractivity contribution in [1.82, 2.24) is 9.78 Å². The molecule has 24 heavy (non-hydrogen) atoms. The number of hydrogen-bond donors (Lipinski definition) is 1. The second-order valence-electron chi connectivity index (χ2n) is 4.88. The summed E-state index contributed by atoms with van der Waals surface area (Å²) in [6.07, 6.45) is 0. The minimum absolute atomic E-state index is 0.000715. The molecule has 1 amide bonds. The van der Waals surface area contributed by atoms with Gasteiger partial charge in [-0.25, -0.2) is 4.39 Å². The lowest BCUT2D eigenvalue weighted by molar-refractivity contribution is 0.102. The van der Waals surface area contributed by atoms with Crippen molar-refractivity contribution >= 4 is 27.5 Å². The van der Waals surface area contributed by atoms with Crippen molar-refractivity contribution in [2.45, 2.75) is 0 Å². The van der Waals surface area contributed by atoms with E-state index in [4.69, 9.17) is 0 Å². The van der Waals surface area contributed by atoms with E-state index in [0.29, 0.717) is 10.2 Å². The third-order valence-electron chi connectivity index (χ3n) is 3.21. The first kappa shape index (κ1) is 16.1. The van der Waals surface area contributed by atoms with Crippen LogP contribution >= 0.6 is 15.9 Å². The Kier molecular flexibility index (Phi) is 4.52. The number of nitrogens with one attached hydrogen (secondary N) is 1. The van der Waals surface area contributed by atoms with Crippen LogP contribution in [-0.4, -0.2) is 15.7 Å². The fraction of sp³-hybridized carbons (Fsp3) is 0. The van der Waals surface area contributed by atoms with Crippen molar-refractivity contribution in [2.24, 2.45) is 0 Å². The van der Waals surface area contributed by atoms with Crippen LogP contribution in [0.3, 0.4) is 0 Å². The maximum atomic E-state index is 13.8. The molecule has 5 nitrogen and oxygen atoms in total. The van der Waals surface area contributed by atoms with Crippen molar-refractivity contribution in [1.29, 1.82) is 0 Å². The molecule has 0 unspecified atom stereocenters. The molecule has 0 fully saturated rings. The van der Waals surface area contributed by atoms with Crippen LogP contribution in [0.25, 0.3) is 5.69 Å². The fourth-order valence-corrected chi connectivity index (χ4v) is 2.40. The minimum Gasteiger partial charge on any atom is -0.318 e. The number of benzene rings is 2. The van der Waals surface area contributed by atoms with E-state index in [9.17, 15) is 14.0 Å². The molecular formula is C17H11BrFN3O2. The maximum absolute atomic E-state index is 13.8. The average Bonchev–Trinajstić information content (AvgIpc) is 2.58. The number of anilines is 1. The summed E-state index contributed by atoms with van der Waals surface area (Å²) in [5.41, 5.74) is 0.197. The van der Waals surface area contributed by atoms with Gasteiger partial charge in [-0.05, 0) is 36.4 Å². The van der Waals surface area contributed by atoms with E-state index in [1.807, 2.05) is 0 Å². The summed E-state index contributed by atoms with van der Waals surface area (Å²) < 4.78 is 15.5. The molecule has 7 heteroatoms. The second kappa shape index (κ2) is 6.76. The topological polar surface area (TPSA) is 64.0 Å². The van der Waals surface area contributed by atoms with E-state index < -0.39 is 11.7 Å². The van der Waals surface area contributed by atoms with Crippen LogP contribution < -0.4 is 10.9 Å². The Labute approximate surface area is 144 Å². The Bertz CT molecular complexity index is 958. The number of rotatable bonds is 3. The number of halogens is 2. The largest absolute Gasteiger partial charge is 0.318 e. The van der Waals surface area contributed by atoms with Gasteiger partial charge in [-0.1, -0.05) is 34.1 Å². The average molecular weight is 388 g/mol. The highest BCUT2D eigenvalue weighted by atomic mass is 79.9. The molecule has 3 aromatic rings. The molecule has 3 rings (SSSR count). The zero-order chi connectivity index (χ0) is 17.1. The standard InChI is InChI=1S/C17H11BrFN3O2/c18-11-6-7-14(13(19)10-11)20-17(24)15-8-9-16(23)22(21-15)12-4-2-1-3-5-12/h1-10H,(H,20,24). The van der Waals surface area contributed by atoms with Gasteiger partial charge in [0.15, 0.2) is 0 Å². The molecule has 120 valence electrons. The summed E-state index contributed by atoms with van der Waals surface area (Å²) in [5, 5.41) is 6.49. The lowest BCUT2D eigenvalue weighted by Crippen LogP contribution is -2.25. The molecule has 1 aromatic heterocycles. The van der Waals surface area contributed by atoms with Gasteiger partial charge in [0.25, 0.3) is 11.5 Å². The van der Waals surface area contributed by atoms with Gasteiger partial charge < -0.3 is 5.32 Å². The minimum atomic E-state index is -0.610. The Balaban J connectivity index is 1.92. The monoisotopic (exact) mass is 387 g/mol. The smallest absolute Gasteiger partial charge is 0.276 e. The Hall–Kier alpha value is -2.80. The van der Waals surface area contributed by atoms with Gasteiger partial charge in [-0.3, -0.25) is 9.59 Å². The summed E-state index contributed by atoms with van der Waals surface area (Å²) in [6, 6.07) is 15.5. The van der Waals surface area contributed by atoms with Crippen molar-refractivity contribution in [3.05, 3.63) is 87.0 Å². The third-order valence-corrected chi connectivity index (χ3v) is 3.71. The molecule has 0 atom stereocenters.